The molecule has 1 aliphatic heterocycles. The van der Waals surface area contributed by atoms with Gasteiger partial charge in [-0.25, -0.2) is 0 Å². The molecule has 0 saturated heterocycles. The minimum absolute atomic E-state index is 0.333. The number of Topliss-reactive ketones (excluding diaryl/α,β-unsaturated/α-hetero) is 1. The largest absolute Gasteiger partial charge is 0.497 e. The van der Waals surface area contributed by atoms with Gasteiger partial charge in [0, 0.05) is 21.3 Å². The minimum atomic E-state index is -1.86. The third-order valence-electron chi connectivity index (χ3n) is 3.86. The number of ketones is 1. The zero-order chi connectivity index (χ0) is 16.6. The Morgan fingerprint density at radius 2 is 2.09 bits per heavy atom. The van der Waals surface area contributed by atoms with Crippen molar-refractivity contribution in [2.45, 2.75) is 12.0 Å². The Balaban J connectivity index is 1.92. The van der Waals surface area contributed by atoms with Crippen LogP contribution in [0.4, 0.5) is 5.69 Å². The van der Waals surface area contributed by atoms with Gasteiger partial charge in [0.2, 0.25) is 0 Å². The lowest BCUT2D eigenvalue weighted by molar-refractivity contribution is -0.133. The number of amides is 1. The molecule has 2 aromatic rings. The number of anilines is 1. The first-order chi connectivity index (χ1) is 10.9. The van der Waals surface area contributed by atoms with E-state index in [0.717, 1.165) is 4.47 Å². The van der Waals surface area contributed by atoms with Gasteiger partial charge in [-0.2, -0.15) is 0 Å². The van der Waals surface area contributed by atoms with Gasteiger partial charge in [-0.1, -0.05) is 34.1 Å². The second kappa shape index (κ2) is 5.79. The van der Waals surface area contributed by atoms with Crippen molar-refractivity contribution in [3.05, 3.63) is 58.1 Å². The van der Waals surface area contributed by atoms with Crippen LogP contribution in [0.3, 0.4) is 0 Å². The Bertz CT molecular complexity index is 805. The number of carbonyl (C=O) groups excluding carboxylic acids is 2. The number of methoxy groups -OCH3 is 1. The monoisotopic (exact) mass is 375 g/mol. The van der Waals surface area contributed by atoms with E-state index in [0.29, 0.717) is 22.6 Å². The molecule has 0 unspecified atom stereocenters. The highest BCUT2D eigenvalue weighted by molar-refractivity contribution is 9.10. The van der Waals surface area contributed by atoms with E-state index < -0.39 is 11.5 Å². The summed E-state index contributed by atoms with van der Waals surface area (Å²) in [7, 11) is 1.51. The van der Waals surface area contributed by atoms with Crippen molar-refractivity contribution in [2.75, 3.05) is 12.4 Å². The summed E-state index contributed by atoms with van der Waals surface area (Å²) in [5.41, 5.74) is -0.570. The van der Waals surface area contributed by atoms with Crippen LogP contribution in [0, 0.1) is 0 Å². The molecular weight excluding hydrogens is 362 g/mol. The van der Waals surface area contributed by atoms with Gasteiger partial charge in [-0.3, -0.25) is 9.59 Å². The summed E-state index contributed by atoms with van der Waals surface area (Å²) in [6.45, 7) is 0. The number of nitrogens with one attached hydrogen (secondary N) is 1. The Morgan fingerprint density at radius 3 is 2.83 bits per heavy atom. The third kappa shape index (κ3) is 2.75. The van der Waals surface area contributed by atoms with E-state index in [1.165, 1.54) is 7.11 Å². The van der Waals surface area contributed by atoms with E-state index in [4.69, 9.17) is 4.74 Å². The summed E-state index contributed by atoms with van der Waals surface area (Å²) in [6.07, 6.45) is -0.333. The van der Waals surface area contributed by atoms with Crippen LogP contribution < -0.4 is 10.1 Å². The molecule has 1 aliphatic rings. The zero-order valence-electron chi connectivity index (χ0n) is 12.3. The number of aliphatic hydroxyl groups is 1. The van der Waals surface area contributed by atoms with E-state index in [9.17, 15) is 14.7 Å². The molecule has 2 N–H and O–H groups in total. The maximum absolute atomic E-state index is 12.5. The Kier molecular flexibility index (Phi) is 3.95. The summed E-state index contributed by atoms with van der Waals surface area (Å²) in [5, 5.41) is 13.4. The van der Waals surface area contributed by atoms with E-state index in [1.807, 2.05) is 0 Å². The minimum Gasteiger partial charge on any atom is -0.497 e. The van der Waals surface area contributed by atoms with Gasteiger partial charge in [0.05, 0.1) is 13.5 Å². The quantitative estimate of drug-likeness (QED) is 0.805. The topological polar surface area (TPSA) is 75.6 Å². The summed E-state index contributed by atoms with van der Waals surface area (Å²) in [5.74, 6) is -0.387. The zero-order valence-corrected chi connectivity index (χ0v) is 13.9. The fourth-order valence-electron chi connectivity index (χ4n) is 2.63. The molecule has 3 rings (SSSR count). The molecular formula is C17H14BrNO4. The molecule has 0 bridgehead atoms. The molecule has 2 aromatic carbocycles. The molecule has 5 nitrogen and oxygen atoms in total. The van der Waals surface area contributed by atoms with Crippen molar-refractivity contribution in [3.8, 4) is 5.75 Å². The number of fused-ring (bicyclic) bond motifs is 1. The summed E-state index contributed by atoms with van der Waals surface area (Å²) in [4.78, 5) is 24.7. The van der Waals surface area contributed by atoms with Crippen LogP contribution in [0.5, 0.6) is 5.75 Å². The van der Waals surface area contributed by atoms with Gasteiger partial charge in [0.1, 0.15) is 5.75 Å². The van der Waals surface area contributed by atoms with Crippen LogP contribution in [0.1, 0.15) is 22.3 Å². The lowest BCUT2D eigenvalue weighted by Gasteiger charge is -2.20. The first kappa shape index (κ1) is 15.7. The Labute approximate surface area is 141 Å². The van der Waals surface area contributed by atoms with E-state index >= 15 is 0 Å². The average Bonchev–Trinajstić information content (AvgIpc) is 2.77. The van der Waals surface area contributed by atoms with Gasteiger partial charge in [0.15, 0.2) is 11.4 Å². The predicted molar refractivity (Wildman–Crippen MR) is 88.6 cm³/mol. The number of carbonyl (C=O) groups is 2. The highest BCUT2D eigenvalue weighted by Crippen LogP contribution is 2.40. The van der Waals surface area contributed by atoms with E-state index in [1.54, 1.807) is 42.5 Å². The molecule has 1 amide bonds. The molecule has 0 radical (unpaired) electrons. The molecule has 23 heavy (non-hydrogen) atoms. The Hall–Kier alpha value is -2.18. The van der Waals surface area contributed by atoms with Crippen molar-refractivity contribution in [1.82, 2.24) is 0 Å². The second-order valence-corrected chi connectivity index (χ2v) is 6.25. The molecule has 0 spiro atoms. The highest BCUT2D eigenvalue weighted by Gasteiger charge is 2.46. The molecule has 1 atom stereocenters. The van der Waals surface area contributed by atoms with Gasteiger partial charge < -0.3 is 15.2 Å². The smallest absolute Gasteiger partial charge is 0.261 e. The van der Waals surface area contributed by atoms with Gasteiger partial charge >= 0.3 is 0 Å². The highest BCUT2D eigenvalue weighted by atomic mass is 79.9. The first-order valence-electron chi connectivity index (χ1n) is 6.95. The molecule has 0 aliphatic carbocycles. The third-order valence-corrected chi connectivity index (χ3v) is 4.35. The number of hydrogen-bond donors (Lipinski definition) is 2. The molecule has 0 aromatic heterocycles. The molecule has 6 heteroatoms. The normalized spacial score (nSPS) is 19.2. The van der Waals surface area contributed by atoms with Crippen molar-refractivity contribution >= 4 is 33.3 Å². The first-order valence-corrected chi connectivity index (χ1v) is 7.74. The molecule has 118 valence electrons. The maximum atomic E-state index is 12.5. The number of hydrogen-bond acceptors (Lipinski definition) is 4. The number of ether oxygens (including phenoxy) is 1. The lowest BCUT2D eigenvalue weighted by Crippen LogP contribution is -2.36. The van der Waals surface area contributed by atoms with Gasteiger partial charge in [-0.15, -0.1) is 0 Å². The maximum Gasteiger partial charge on any atom is 0.261 e. The molecule has 0 fully saturated rings. The van der Waals surface area contributed by atoms with E-state index in [-0.39, 0.29) is 12.2 Å². The van der Waals surface area contributed by atoms with Crippen LogP contribution in [0.15, 0.2) is 46.9 Å². The standard InChI is InChI=1S/C17H14BrNO4/c1-23-12-4-2-3-10(7-12)15(20)9-17(22)13-6-5-11(18)8-14(13)19-16(17)21/h2-8,22H,9H2,1H3,(H,19,21)/t17-/m1/s1. The summed E-state index contributed by atoms with van der Waals surface area (Å²) in [6, 6.07) is 11.7. The van der Waals surface area contributed by atoms with Gasteiger partial charge in [-0.05, 0) is 24.3 Å². The summed E-state index contributed by atoms with van der Waals surface area (Å²) < 4.78 is 5.87. The van der Waals surface area contributed by atoms with Crippen molar-refractivity contribution in [3.63, 3.8) is 0 Å². The predicted octanol–water partition coefficient (Wildman–Crippen LogP) is 2.87. The average molecular weight is 376 g/mol. The van der Waals surface area contributed by atoms with Crippen LogP contribution in [-0.2, 0) is 10.4 Å². The second-order valence-electron chi connectivity index (χ2n) is 5.34. The Morgan fingerprint density at radius 1 is 1.30 bits per heavy atom. The van der Waals surface area contributed by atoms with Crippen molar-refractivity contribution in [1.29, 1.82) is 0 Å². The fraction of sp³-hybridized carbons (Fsp3) is 0.176. The van der Waals surface area contributed by atoms with Crippen LogP contribution >= 0.6 is 15.9 Å². The lowest BCUT2D eigenvalue weighted by atomic mass is 9.88. The summed E-state index contributed by atoms with van der Waals surface area (Å²) >= 11 is 3.31. The number of benzene rings is 2. The van der Waals surface area contributed by atoms with Crippen molar-refractivity contribution < 1.29 is 19.4 Å². The molecule has 1 heterocycles. The fourth-order valence-corrected chi connectivity index (χ4v) is 3.00. The van der Waals surface area contributed by atoms with E-state index in [2.05, 4.69) is 21.2 Å². The van der Waals surface area contributed by atoms with Crippen LogP contribution in [-0.4, -0.2) is 23.9 Å². The molecule has 0 saturated carbocycles. The number of rotatable bonds is 4. The van der Waals surface area contributed by atoms with Crippen molar-refractivity contribution in [2.24, 2.45) is 0 Å². The number of halogens is 1. The SMILES string of the molecule is COc1cccc(C(=O)C[C@]2(O)C(=O)Nc3cc(Br)ccc32)c1. The van der Waals surface area contributed by atoms with Crippen LogP contribution in [0.25, 0.3) is 0 Å². The van der Waals surface area contributed by atoms with Gasteiger partial charge in [0.25, 0.3) is 5.91 Å². The van der Waals surface area contributed by atoms with Crippen LogP contribution in [0.2, 0.25) is 0 Å².